The van der Waals surface area contributed by atoms with E-state index in [1.807, 2.05) is 24.3 Å². The van der Waals surface area contributed by atoms with Crippen LogP contribution in [0, 0.1) is 11.3 Å². The van der Waals surface area contributed by atoms with E-state index in [2.05, 4.69) is 53.4 Å². The van der Waals surface area contributed by atoms with Crippen LogP contribution in [0.4, 0.5) is 17.1 Å². The Bertz CT molecular complexity index is 896. The second-order valence-electron chi connectivity index (χ2n) is 7.77. The number of benzene rings is 2. The van der Waals surface area contributed by atoms with Gasteiger partial charge in [0.15, 0.2) is 0 Å². The smallest absolute Gasteiger partial charge is 0.306 e. The molecular formula is C24H30N4O2. The van der Waals surface area contributed by atoms with E-state index in [0.29, 0.717) is 12.0 Å². The van der Waals surface area contributed by atoms with Crippen molar-refractivity contribution >= 4 is 23.0 Å². The molecule has 0 saturated carbocycles. The van der Waals surface area contributed by atoms with Crippen molar-refractivity contribution in [1.29, 1.82) is 5.26 Å². The third kappa shape index (κ3) is 5.31. The predicted octanol–water partition coefficient (Wildman–Crippen LogP) is 4.11. The summed E-state index contributed by atoms with van der Waals surface area (Å²) in [5, 5.41) is 12.6. The van der Waals surface area contributed by atoms with E-state index in [1.165, 1.54) is 7.11 Å². The van der Waals surface area contributed by atoms with Crippen LogP contribution in [-0.2, 0) is 9.53 Å². The maximum atomic E-state index is 11.9. The first-order chi connectivity index (χ1) is 14.5. The normalized spacial score (nSPS) is 15.3. The Morgan fingerprint density at radius 1 is 1.17 bits per heavy atom. The lowest BCUT2D eigenvalue weighted by Gasteiger charge is -2.35. The SMILES string of the molecule is CCC(CC(=O)OC)c1ccc(N2CCN(C)CC2)c(Nc2ccc(C#N)cc2)c1. The van der Waals surface area contributed by atoms with Gasteiger partial charge in [0.25, 0.3) is 0 Å². The molecule has 6 nitrogen and oxygen atoms in total. The minimum absolute atomic E-state index is 0.112. The average Bonchev–Trinajstić information content (AvgIpc) is 2.78. The van der Waals surface area contributed by atoms with Crippen molar-refractivity contribution in [3.05, 3.63) is 53.6 Å². The van der Waals surface area contributed by atoms with Gasteiger partial charge in [0.05, 0.1) is 36.5 Å². The summed E-state index contributed by atoms with van der Waals surface area (Å²) in [5.41, 5.74) is 4.87. The number of nitrogens with one attached hydrogen (secondary N) is 1. The van der Waals surface area contributed by atoms with Crippen molar-refractivity contribution in [3.63, 3.8) is 0 Å². The van der Waals surface area contributed by atoms with Gasteiger partial charge in [-0.2, -0.15) is 5.26 Å². The largest absolute Gasteiger partial charge is 0.469 e. The zero-order chi connectivity index (χ0) is 21.5. The zero-order valence-electron chi connectivity index (χ0n) is 18.0. The highest BCUT2D eigenvalue weighted by atomic mass is 16.5. The summed E-state index contributed by atoms with van der Waals surface area (Å²) < 4.78 is 4.89. The number of rotatable bonds is 7. The Kier molecular flexibility index (Phi) is 7.31. The number of hydrogen-bond donors (Lipinski definition) is 1. The van der Waals surface area contributed by atoms with Gasteiger partial charge in [0.1, 0.15) is 0 Å². The zero-order valence-corrected chi connectivity index (χ0v) is 18.0. The van der Waals surface area contributed by atoms with Crippen LogP contribution in [0.3, 0.4) is 0 Å². The lowest BCUT2D eigenvalue weighted by atomic mass is 9.92. The summed E-state index contributed by atoms with van der Waals surface area (Å²) in [5.74, 6) is -0.0768. The maximum absolute atomic E-state index is 11.9. The number of anilines is 3. The molecule has 2 aromatic rings. The van der Waals surface area contributed by atoms with Gasteiger partial charge >= 0.3 is 5.97 Å². The number of esters is 1. The van der Waals surface area contributed by atoms with Crippen LogP contribution in [0.25, 0.3) is 0 Å². The number of carbonyl (C=O) groups is 1. The van der Waals surface area contributed by atoms with Gasteiger partial charge in [-0.05, 0) is 61.3 Å². The highest BCUT2D eigenvalue weighted by Crippen LogP contribution is 2.35. The van der Waals surface area contributed by atoms with E-state index in [4.69, 9.17) is 10.00 Å². The lowest BCUT2D eigenvalue weighted by Crippen LogP contribution is -2.44. The average molecular weight is 407 g/mol. The Balaban J connectivity index is 1.93. The number of likely N-dealkylation sites (N-methyl/N-ethyl adjacent to an activating group) is 1. The van der Waals surface area contributed by atoms with Gasteiger partial charge in [-0.3, -0.25) is 4.79 Å². The van der Waals surface area contributed by atoms with E-state index in [-0.39, 0.29) is 11.9 Å². The highest BCUT2D eigenvalue weighted by Gasteiger charge is 2.20. The minimum Gasteiger partial charge on any atom is -0.469 e. The molecule has 1 atom stereocenters. The molecule has 1 saturated heterocycles. The summed E-state index contributed by atoms with van der Waals surface area (Å²) in [7, 11) is 3.58. The van der Waals surface area contributed by atoms with E-state index < -0.39 is 0 Å². The van der Waals surface area contributed by atoms with E-state index in [0.717, 1.165) is 55.2 Å². The first kappa shape index (κ1) is 21.7. The Labute approximate surface area is 179 Å². The van der Waals surface area contributed by atoms with Crippen molar-refractivity contribution in [2.45, 2.75) is 25.7 Å². The highest BCUT2D eigenvalue weighted by molar-refractivity contribution is 5.77. The molecule has 1 unspecified atom stereocenters. The van der Waals surface area contributed by atoms with E-state index >= 15 is 0 Å². The fourth-order valence-electron chi connectivity index (χ4n) is 3.80. The molecule has 0 aliphatic carbocycles. The molecule has 30 heavy (non-hydrogen) atoms. The molecular weight excluding hydrogens is 376 g/mol. The second kappa shape index (κ2) is 10.1. The molecule has 158 valence electrons. The summed E-state index contributed by atoms with van der Waals surface area (Å²) in [4.78, 5) is 16.6. The molecule has 0 amide bonds. The van der Waals surface area contributed by atoms with Gasteiger partial charge < -0.3 is 19.9 Å². The van der Waals surface area contributed by atoms with Gasteiger partial charge in [-0.25, -0.2) is 0 Å². The summed E-state index contributed by atoms with van der Waals surface area (Å²) >= 11 is 0. The topological polar surface area (TPSA) is 68.6 Å². The van der Waals surface area contributed by atoms with Crippen molar-refractivity contribution in [3.8, 4) is 6.07 Å². The van der Waals surface area contributed by atoms with E-state index in [1.54, 1.807) is 0 Å². The van der Waals surface area contributed by atoms with Crippen molar-refractivity contribution < 1.29 is 9.53 Å². The molecule has 0 aromatic heterocycles. The summed E-state index contributed by atoms with van der Waals surface area (Å²) in [6.45, 7) is 6.08. The predicted molar refractivity (Wildman–Crippen MR) is 120 cm³/mol. The Morgan fingerprint density at radius 2 is 1.87 bits per heavy atom. The third-order valence-corrected chi connectivity index (χ3v) is 5.76. The molecule has 0 bridgehead atoms. The molecule has 1 N–H and O–H groups in total. The molecule has 1 aliphatic heterocycles. The molecule has 2 aromatic carbocycles. The number of nitriles is 1. The van der Waals surface area contributed by atoms with Gasteiger partial charge in [0, 0.05) is 31.9 Å². The number of carbonyl (C=O) groups excluding carboxylic acids is 1. The number of methoxy groups -OCH3 is 1. The van der Waals surface area contributed by atoms with Crippen LogP contribution >= 0.6 is 0 Å². The number of nitrogens with zero attached hydrogens (tertiary/aromatic N) is 3. The quantitative estimate of drug-likeness (QED) is 0.698. The fraction of sp³-hybridized carbons (Fsp3) is 0.417. The first-order valence-electron chi connectivity index (χ1n) is 10.5. The van der Waals surface area contributed by atoms with Crippen molar-refractivity contribution in [1.82, 2.24) is 4.90 Å². The van der Waals surface area contributed by atoms with Crippen LogP contribution < -0.4 is 10.2 Å². The number of piperazine rings is 1. The van der Waals surface area contributed by atoms with Crippen LogP contribution in [0.1, 0.15) is 36.8 Å². The van der Waals surface area contributed by atoms with Crippen LogP contribution in [0.15, 0.2) is 42.5 Å². The molecule has 3 rings (SSSR count). The maximum Gasteiger partial charge on any atom is 0.306 e. The Hall–Kier alpha value is -3.04. The lowest BCUT2D eigenvalue weighted by molar-refractivity contribution is -0.141. The van der Waals surface area contributed by atoms with E-state index in [9.17, 15) is 4.79 Å². The monoisotopic (exact) mass is 406 g/mol. The molecule has 1 heterocycles. The molecule has 0 spiro atoms. The molecule has 1 aliphatic rings. The van der Waals surface area contributed by atoms with Gasteiger partial charge in [-0.15, -0.1) is 0 Å². The summed E-state index contributed by atoms with van der Waals surface area (Å²) in [6.07, 6.45) is 1.23. The first-order valence-corrected chi connectivity index (χ1v) is 10.5. The Morgan fingerprint density at radius 3 is 2.47 bits per heavy atom. The van der Waals surface area contributed by atoms with Crippen LogP contribution in [-0.4, -0.2) is 51.2 Å². The van der Waals surface area contributed by atoms with Crippen molar-refractivity contribution in [2.75, 3.05) is 50.6 Å². The second-order valence-corrected chi connectivity index (χ2v) is 7.77. The molecule has 0 radical (unpaired) electrons. The van der Waals surface area contributed by atoms with Gasteiger partial charge in [-0.1, -0.05) is 13.0 Å². The molecule has 6 heteroatoms. The third-order valence-electron chi connectivity index (χ3n) is 5.76. The standard InChI is InChI=1S/C24H30N4O2/c1-4-19(16-24(29)30-3)20-7-10-23(28-13-11-27(2)12-14-28)22(15-20)26-21-8-5-18(17-25)6-9-21/h5-10,15,19,26H,4,11-14,16H2,1-3H3. The van der Waals surface area contributed by atoms with Crippen LogP contribution in [0.5, 0.6) is 0 Å². The number of ether oxygens (including phenoxy) is 1. The minimum atomic E-state index is -0.188. The molecule has 1 fully saturated rings. The van der Waals surface area contributed by atoms with Crippen LogP contribution in [0.2, 0.25) is 0 Å². The van der Waals surface area contributed by atoms with Gasteiger partial charge in [0.2, 0.25) is 0 Å². The van der Waals surface area contributed by atoms with Crippen molar-refractivity contribution in [2.24, 2.45) is 0 Å². The fourth-order valence-corrected chi connectivity index (χ4v) is 3.80. The summed E-state index contributed by atoms with van der Waals surface area (Å²) in [6, 6.07) is 16.1. The number of hydrogen-bond acceptors (Lipinski definition) is 6.